The second-order valence-electron chi connectivity index (χ2n) is 4.29. The predicted octanol–water partition coefficient (Wildman–Crippen LogP) is 3.79. The molecule has 0 aliphatic rings. The summed E-state index contributed by atoms with van der Waals surface area (Å²) in [6.07, 6.45) is 0.643. The van der Waals surface area contributed by atoms with Crippen LogP contribution in [0.5, 0.6) is 5.75 Å². The number of hydrogen-bond acceptors (Lipinski definition) is 3. The number of ether oxygens (including phenoxy) is 1. The first-order chi connectivity index (χ1) is 9.24. The van der Waals surface area contributed by atoms with Crippen molar-refractivity contribution in [3.8, 4) is 5.75 Å². The summed E-state index contributed by atoms with van der Waals surface area (Å²) in [7, 11) is 1.66. The highest BCUT2D eigenvalue weighted by atomic mass is 32.1. The Morgan fingerprint density at radius 1 is 1.37 bits per heavy atom. The van der Waals surface area contributed by atoms with E-state index in [0.29, 0.717) is 6.42 Å². The molecule has 19 heavy (non-hydrogen) atoms. The molecule has 2 nitrogen and oxygen atoms in total. The van der Waals surface area contributed by atoms with Crippen molar-refractivity contribution in [3.63, 3.8) is 0 Å². The van der Waals surface area contributed by atoms with E-state index in [1.54, 1.807) is 24.5 Å². The van der Waals surface area contributed by atoms with E-state index < -0.39 is 0 Å². The van der Waals surface area contributed by atoms with Crippen LogP contribution in [0.1, 0.15) is 23.4 Å². The summed E-state index contributed by atoms with van der Waals surface area (Å²) in [5.41, 5.74) is 0.737. The van der Waals surface area contributed by atoms with Crippen LogP contribution in [0.25, 0.3) is 0 Å². The van der Waals surface area contributed by atoms with E-state index in [-0.39, 0.29) is 11.9 Å². The molecule has 2 rings (SSSR count). The third-order valence-electron chi connectivity index (χ3n) is 3.01. The lowest BCUT2D eigenvalue weighted by Gasteiger charge is -2.16. The average Bonchev–Trinajstić information content (AvgIpc) is 2.89. The maximum atomic E-state index is 13.7. The minimum atomic E-state index is -0.145. The van der Waals surface area contributed by atoms with Gasteiger partial charge < -0.3 is 10.1 Å². The maximum Gasteiger partial charge on any atom is 0.129 e. The highest BCUT2D eigenvalue weighted by molar-refractivity contribution is 7.10. The molecule has 0 aliphatic heterocycles. The molecule has 102 valence electrons. The lowest BCUT2D eigenvalue weighted by Crippen LogP contribution is -2.22. The molecular formula is C15H18FNOS. The molecule has 4 heteroatoms. The predicted molar refractivity (Wildman–Crippen MR) is 77.4 cm³/mol. The number of halogens is 1. The van der Waals surface area contributed by atoms with Gasteiger partial charge in [-0.15, -0.1) is 11.3 Å². The second-order valence-corrected chi connectivity index (χ2v) is 5.24. The van der Waals surface area contributed by atoms with Crippen LogP contribution in [0.3, 0.4) is 0 Å². The van der Waals surface area contributed by atoms with E-state index in [1.807, 2.05) is 23.6 Å². The van der Waals surface area contributed by atoms with E-state index in [9.17, 15) is 4.39 Å². The van der Waals surface area contributed by atoms with Crippen LogP contribution in [-0.4, -0.2) is 13.7 Å². The third-order valence-corrected chi connectivity index (χ3v) is 4.03. The van der Waals surface area contributed by atoms with Crippen molar-refractivity contribution in [2.45, 2.75) is 19.4 Å². The number of nitrogens with one attached hydrogen (secondary N) is 1. The Morgan fingerprint density at radius 2 is 2.16 bits per heavy atom. The molecule has 0 amide bonds. The summed E-state index contributed by atoms with van der Waals surface area (Å²) in [5.74, 6) is 0.713. The van der Waals surface area contributed by atoms with Gasteiger partial charge in [-0.1, -0.05) is 25.1 Å². The average molecular weight is 279 g/mol. The van der Waals surface area contributed by atoms with Gasteiger partial charge in [0.1, 0.15) is 11.6 Å². The normalized spacial score (nSPS) is 12.4. The van der Waals surface area contributed by atoms with E-state index >= 15 is 0 Å². The standard InChI is InChI=1S/C15H18FNOS/c1-3-17-14(15-9-12(18-2)10-19-15)8-11-6-4-5-7-13(11)16/h4-7,9-10,14,17H,3,8H2,1-2H3. The Balaban J connectivity index is 2.18. The molecular weight excluding hydrogens is 261 g/mol. The number of hydrogen-bond donors (Lipinski definition) is 1. The van der Waals surface area contributed by atoms with Gasteiger partial charge in [-0.3, -0.25) is 0 Å². The maximum absolute atomic E-state index is 13.7. The molecule has 0 saturated heterocycles. The van der Waals surface area contributed by atoms with Gasteiger partial charge in [0.2, 0.25) is 0 Å². The SMILES string of the molecule is CCNC(Cc1ccccc1F)c1cc(OC)cs1. The molecule has 0 aliphatic carbocycles. The number of likely N-dealkylation sites (N-methyl/N-ethyl adjacent to an activating group) is 1. The summed E-state index contributed by atoms with van der Waals surface area (Å²) in [5, 5.41) is 5.37. The van der Waals surface area contributed by atoms with Gasteiger partial charge in [-0.05, 0) is 30.7 Å². The van der Waals surface area contributed by atoms with Gasteiger partial charge >= 0.3 is 0 Å². The van der Waals surface area contributed by atoms with E-state index in [4.69, 9.17) is 4.74 Å². The van der Waals surface area contributed by atoms with Gasteiger partial charge in [0.15, 0.2) is 0 Å². The number of thiophene rings is 1. The van der Waals surface area contributed by atoms with Crippen molar-refractivity contribution in [1.29, 1.82) is 0 Å². The number of methoxy groups -OCH3 is 1. The number of rotatable bonds is 6. The lowest BCUT2D eigenvalue weighted by atomic mass is 10.0. The van der Waals surface area contributed by atoms with Crippen LogP contribution in [0, 0.1) is 5.82 Å². The van der Waals surface area contributed by atoms with Gasteiger partial charge in [0.05, 0.1) is 7.11 Å². The van der Waals surface area contributed by atoms with Crippen LogP contribution in [-0.2, 0) is 6.42 Å². The fourth-order valence-electron chi connectivity index (χ4n) is 2.03. The molecule has 1 aromatic heterocycles. The van der Waals surface area contributed by atoms with Gasteiger partial charge in [0, 0.05) is 16.3 Å². The van der Waals surface area contributed by atoms with E-state index in [2.05, 4.69) is 12.2 Å². The first kappa shape index (κ1) is 14.0. The Bertz CT molecular complexity index is 526. The van der Waals surface area contributed by atoms with Crippen molar-refractivity contribution >= 4 is 11.3 Å². The third kappa shape index (κ3) is 3.55. The topological polar surface area (TPSA) is 21.3 Å². The molecule has 1 aromatic carbocycles. The lowest BCUT2D eigenvalue weighted by molar-refractivity contribution is 0.415. The summed E-state index contributed by atoms with van der Waals surface area (Å²) >= 11 is 1.64. The van der Waals surface area contributed by atoms with Crippen molar-refractivity contribution in [1.82, 2.24) is 5.32 Å². The van der Waals surface area contributed by atoms with E-state index in [0.717, 1.165) is 17.9 Å². The summed E-state index contributed by atoms with van der Waals surface area (Å²) in [6.45, 7) is 2.90. The fraction of sp³-hybridized carbons (Fsp3) is 0.333. The molecule has 1 N–H and O–H groups in total. The zero-order valence-corrected chi connectivity index (χ0v) is 12.0. The van der Waals surface area contributed by atoms with Crippen molar-refractivity contribution in [3.05, 3.63) is 52.0 Å². The van der Waals surface area contributed by atoms with Crippen LogP contribution >= 0.6 is 11.3 Å². The largest absolute Gasteiger partial charge is 0.496 e. The van der Waals surface area contributed by atoms with Gasteiger partial charge in [-0.25, -0.2) is 4.39 Å². The van der Waals surface area contributed by atoms with Crippen molar-refractivity contribution in [2.75, 3.05) is 13.7 Å². The van der Waals surface area contributed by atoms with E-state index in [1.165, 1.54) is 10.9 Å². The van der Waals surface area contributed by atoms with Crippen molar-refractivity contribution in [2.24, 2.45) is 0 Å². The number of benzene rings is 1. The fourth-order valence-corrected chi connectivity index (χ4v) is 2.96. The van der Waals surface area contributed by atoms with Gasteiger partial charge in [-0.2, -0.15) is 0 Å². The molecule has 0 fully saturated rings. The highest BCUT2D eigenvalue weighted by Crippen LogP contribution is 2.29. The summed E-state index contributed by atoms with van der Waals surface area (Å²) < 4.78 is 18.9. The van der Waals surface area contributed by atoms with Crippen LogP contribution in [0.4, 0.5) is 4.39 Å². The zero-order valence-electron chi connectivity index (χ0n) is 11.2. The molecule has 0 saturated carbocycles. The summed E-state index contributed by atoms with van der Waals surface area (Å²) in [4.78, 5) is 1.17. The smallest absolute Gasteiger partial charge is 0.129 e. The highest BCUT2D eigenvalue weighted by Gasteiger charge is 2.15. The van der Waals surface area contributed by atoms with Crippen LogP contribution in [0.15, 0.2) is 35.7 Å². The molecule has 0 spiro atoms. The first-order valence-electron chi connectivity index (χ1n) is 6.33. The molecule has 1 unspecified atom stereocenters. The minimum absolute atomic E-state index is 0.121. The Labute approximate surface area is 117 Å². The van der Waals surface area contributed by atoms with Crippen molar-refractivity contribution < 1.29 is 9.13 Å². The molecule has 1 heterocycles. The molecule has 2 aromatic rings. The summed E-state index contributed by atoms with van der Waals surface area (Å²) in [6, 6.07) is 9.07. The monoisotopic (exact) mass is 279 g/mol. The Kier molecular flexibility index (Phi) is 4.93. The Morgan fingerprint density at radius 3 is 2.79 bits per heavy atom. The molecule has 0 radical (unpaired) electrons. The van der Waals surface area contributed by atoms with Gasteiger partial charge in [0.25, 0.3) is 0 Å². The zero-order chi connectivity index (χ0) is 13.7. The minimum Gasteiger partial charge on any atom is -0.496 e. The quantitative estimate of drug-likeness (QED) is 0.868. The van der Waals surface area contributed by atoms with Crippen LogP contribution < -0.4 is 10.1 Å². The first-order valence-corrected chi connectivity index (χ1v) is 7.21. The second kappa shape index (κ2) is 6.68. The Hall–Kier alpha value is -1.39. The molecule has 1 atom stereocenters. The van der Waals surface area contributed by atoms with Crippen LogP contribution in [0.2, 0.25) is 0 Å². The molecule has 0 bridgehead atoms.